The Kier molecular flexibility index (Phi) is 3.88. The van der Waals surface area contributed by atoms with Gasteiger partial charge in [0.05, 0.1) is 5.52 Å². The molecule has 0 atom stereocenters. The Labute approximate surface area is 106 Å². The van der Waals surface area contributed by atoms with Crippen LogP contribution in [0.1, 0.15) is 5.56 Å². The third-order valence-corrected chi connectivity index (χ3v) is 2.97. The van der Waals surface area contributed by atoms with Crippen molar-refractivity contribution in [3.05, 3.63) is 42.1 Å². The first kappa shape index (κ1) is 11.8. The van der Waals surface area contributed by atoms with E-state index in [1.54, 1.807) is 0 Å². The van der Waals surface area contributed by atoms with Crippen LogP contribution in [0.2, 0.25) is 0 Å². The van der Waals surface area contributed by atoms with Crippen LogP contribution in [0.5, 0.6) is 0 Å². The van der Waals surface area contributed by atoms with E-state index in [-0.39, 0.29) is 0 Å². The van der Waals surface area contributed by atoms with Crippen molar-refractivity contribution < 1.29 is 0 Å². The largest absolute Gasteiger partial charge is 0.366 e. The minimum absolute atomic E-state index is 0.679. The third kappa shape index (κ3) is 2.91. The molecule has 0 radical (unpaired) electrons. The molecule has 0 amide bonds. The summed E-state index contributed by atoms with van der Waals surface area (Å²) in [5.41, 5.74) is 2.32. The average Bonchev–Trinajstić information content (AvgIpc) is 2.39. The zero-order chi connectivity index (χ0) is 12.1. The summed E-state index contributed by atoms with van der Waals surface area (Å²) in [6.45, 7) is 0.815. The number of hydrogen-bond acceptors (Lipinski definition) is 2. The van der Waals surface area contributed by atoms with Crippen LogP contribution >= 0.6 is 12.2 Å². The molecule has 0 fully saturated rings. The lowest BCUT2D eigenvalue weighted by atomic mass is 10.1. The molecule has 0 spiro atoms. The summed E-state index contributed by atoms with van der Waals surface area (Å²) < 4.78 is 0. The van der Waals surface area contributed by atoms with Crippen LogP contribution in [0.15, 0.2) is 36.5 Å². The van der Waals surface area contributed by atoms with E-state index in [1.165, 1.54) is 10.9 Å². The molecule has 2 aromatic rings. The van der Waals surface area contributed by atoms with Gasteiger partial charge < -0.3 is 10.6 Å². The van der Waals surface area contributed by atoms with Gasteiger partial charge in [-0.1, -0.05) is 24.3 Å². The van der Waals surface area contributed by atoms with E-state index in [2.05, 4.69) is 39.9 Å². The fourth-order valence-corrected chi connectivity index (χ4v) is 1.87. The molecule has 4 heteroatoms. The zero-order valence-corrected chi connectivity index (χ0v) is 10.6. The summed E-state index contributed by atoms with van der Waals surface area (Å²) in [7, 11) is 1.81. The first-order valence-electron chi connectivity index (χ1n) is 5.59. The van der Waals surface area contributed by atoms with Gasteiger partial charge in [0.2, 0.25) is 0 Å². The maximum atomic E-state index is 5.03. The number of nitrogens with zero attached hydrogens (tertiary/aromatic N) is 1. The fraction of sp³-hybridized carbons (Fsp3) is 0.231. The van der Waals surface area contributed by atoms with Crippen molar-refractivity contribution in [2.24, 2.45) is 0 Å². The van der Waals surface area contributed by atoms with Gasteiger partial charge in [0.25, 0.3) is 0 Å². The van der Waals surface area contributed by atoms with E-state index >= 15 is 0 Å². The number of pyridine rings is 1. The summed E-state index contributed by atoms with van der Waals surface area (Å²) in [5.74, 6) is 0. The van der Waals surface area contributed by atoms with Crippen LogP contribution in [0.3, 0.4) is 0 Å². The minimum atomic E-state index is 0.679. The molecule has 0 saturated carbocycles. The van der Waals surface area contributed by atoms with Crippen molar-refractivity contribution in [3.8, 4) is 0 Å². The lowest BCUT2D eigenvalue weighted by Crippen LogP contribution is -2.33. The predicted molar refractivity (Wildman–Crippen MR) is 75.1 cm³/mol. The van der Waals surface area contributed by atoms with Gasteiger partial charge >= 0.3 is 0 Å². The Morgan fingerprint density at radius 1 is 1.29 bits per heavy atom. The number of rotatable bonds is 3. The number of thiocarbonyl (C=S) groups is 1. The minimum Gasteiger partial charge on any atom is -0.366 e. The molecule has 88 valence electrons. The van der Waals surface area contributed by atoms with E-state index in [0.29, 0.717) is 5.11 Å². The zero-order valence-electron chi connectivity index (χ0n) is 9.73. The first-order valence-corrected chi connectivity index (χ1v) is 6.00. The molecular formula is C13H15N3S. The SMILES string of the molecule is CNC(=S)NCCc1cccc2cccnc12. The van der Waals surface area contributed by atoms with Gasteiger partial charge in [-0.3, -0.25) is 4.98 Å². The topological polar surface area (TPSA) is 37.0 Å². The van der Waals surface area contributed by atoms with Crippen molar-refractivity contribution in [2.75, 3.05) is 13.6 Å². The average molecular weight is 245 g/mol. The van der Waals surface area contributed by atoms with Crippen molar-refractivity contribution in [1.29, 1.82) is 0 Å². The van der Waals surface area contributed by atoms with Crippen LogP contribution in [0, 0.1) is 0 Å². The molecule has 2 rings (SSSR count). The number of benzene rings is 1. The van der Waals surface area contributed by atoms with Crippen molar-refractivity contribution in [2.45, 2.75) is 6.42 Å². The monoisotopic (exact) mass is 245 g/mol. The molecule has 0 bridgehead atoms. The quantitative estimate of drug-likeness (QED) is 0.810. The summed E-state index contributed by atoms with van der Waals surface area (Å²) in [4.78, 5) is 4.42. The fourth-order valence-electron chi connectivity index (χ4n) is 1.77. The van der Waals surface area contributed by atoms with Gasteiger partial charge in [0, 0.05) is 25.2 Å². The molecule has 0 aliphatic carbocycles. The van der Waals surface area contributed by atoms with Crippen LogP contribution in [-0.2, 0) is 6.42 Å². The summed E-state index contributed by atoms with van der Waals surface area (Å²) in [5, 5.41) is 7.89. The molecule has 0 aliphatic heterocycles. The third-order valence-electron chi connectivity index (χ3n) is 2.62. The number of nitrogens with one attached hydrogen (secondary N) is 2. The van der Waals surface area contributed by atoms with Gasteiger partial charge in [-0.15, -0.1) is 0 Å². The van der Waals surface area contributed by atoms with E-state index in [0.717, 1.165) is 18.5 Å². The maximum absolute atomic E-state index is 5.03. The Morgan fingerprint density at radius 3 is 2.94 bits per heavy atom. The molecule has 0 unspecified atom stereocenters. The van der Waals surface area contributed by atoms with Gasteiger partial charge in [-0.25, -0.2) is 0 Å². The Bertz CT molecular complexity index is 520. The highest BCUT2D eigenvalue weighted by molar-refractivity contribution is 7.80. The van der Waals surface area contributed by atoms with Crippen LogP contribution in [-0.4, -0.2) is 23.7 Å². The summed E-state index contributed by atoms with van der Waals surface area (Å²) in [6.07, 6.45) is 2.74. The molecule has 0 aliphatic rings. The number of para-hydroxylation sites is 1. The van der Waals surface area contributed by atoms with Crippen molar-refractivity contribution >= 4 is 28.2 Å². The molecule has 1 aromatic heterocycles. The smallest absolute Gasteiger partial charge is 0.166 e. The molecule has 1 heterocycles. The van der Waals surface area contributed by atoms with E-state index < -0.39 is 0 Å². The molecule has 0 saturated heterocycles. The van der Waals surface area contributed by atoms with Gasteiger partial charge in [-0.05, 0) is 30.3 Å². The Balaban J connectivity index is 2.11. The molecule has 2 N–H and O–H groups in total. The second kappa shape index (κ2) is 5.59. The predicted octanol–water partition coefficient (Wildman–Crippen LogP) is 1.87. The standard InChI is InChI=1S/C13H15N3S/c1-14-13(17)16-9-7-11-5-2-4-10-6-3-8-15-12(10)11/h2-6,8H,7,9H2,1H3,(H2,14,16,17). The number of hydrogen-bond donors (Lipinski definition) is 2. The highest BCUT2D eigenvalue weighted by Gasteiger charge is 2.01. The van der Waals surface area contributed by atoms with Crippen molar-refractivity contribution in [3.63, 3.8) is 0 Å². The lowest BCUT2D eigenvalue weighted by Gasteiger charge is -2.08. The highest BCUT2D eigenvalue weighted by Crippen LogP contribution is 2.15. The first-order chi connectivity index (χ1) is 8.31. The lowest BCUT2D eigenvalue weighted by molar-refractivity contribution is 0.854. The normalized spacial score (nSPS) is 10.2. The van der Waals surface area contributed by atoms with E-state index in [9.17, 15) is 0 Å². The summed E-state index contributed by atoms with van der Waals surface area (Å²) >= 11 is 5.03. The molecule has 3 nitrogen and oxygen atoms in total. The van der Waals surface area contributed by atoms with Crippen LogP contribution in [0.25, 0.3) is 10.9 Å². The van der Waals surface area contributed by atoms with Crippen molar-refractivity contribution in [1.82, 2.24) is 15.6 Å². The van der Waals surface area contributed by atoms with Crippen LogP contribution in [0.4, 0.5) is 0 Å². The van der Waals surface area contributed by atoms with Crippen LogP contribution < -0.4 is 10.6 Å². The Morgan fingerprint density at radius 2 is 2.12 bits per heavy atom. The second-order valence-corrected chi connectivity index (χ2v) is 4.16. The molecular weight excluding hydrogens is 230 g/mol. The van der Waals surface area contributed by atoms with E-state index in [4.69, 9.17) is 12.2 Å². The summed E-state index contributed by atoms with van der Waals surface area (Å²) in [6, 6.07) is 10.3. The van der Waals surface area contributed by atoms with Gasteiger partial charge in [-0.2, -0.15) is 0 Å². The highest BCUT2D eigenvalue weighted by atomic mass is 32.1. The maximum Gasteiger partial charge on any atom is 0.166 e. The van der Waals surface area contributed by atoms with Gasteiger partial charge in [0.1, 0.15) is 0 Å². The second-order valence-electron chi connectivity index (χ2n) is 3.75. The van der Waals surface area contributed by atoms with Gasteiger partial charge in [0.15, 0.2) is 5.11 Å². The molecule has 17 heavy (non-hydrogen) atoms. The Hall–Kier alpha value is -1.68. The number of fused-ring (bicyclic) bond motifs is 1. The van der Waals surface area contributed by atoms with E-state index in [1.807, 2.05) is 19.3 Å². The number of aromatic nitrogens is 1. The molecule has 1 aromatic carbocycles.